The SMILES string of the molecule is CC1=CC(c2c(C(C)(C)C)c(=C(c3ccccc3)c3ccccc3)cc3c2=Cc2cc(C(C)(C)C)ccc2-3)c2c(C)cccc21. The Morgan fingerprint density at radius 1 is 0.578 bits per heavy atom. The van der Waals surface area contributed by atoms with Gasteiger partial charge in [-0.2, -0.15) is 0 Å². The third-order valence-corrected chi connectivity index (χ3v) is 9.85. The lowest BCUT2D eigenvalue weighted by atomic mass is 9.74. The summed E-state index contributed by atoms with van der Waals surface area (Å²) in [6, 6.07) is 38.5. The minimum absolute atomic E-state index is 0.0884. The minimum Gasteiger partial charge on any atom is -0.0690 e. The number of hydrogen-bond acceptors (Lipinski definition) is 0. The van der Waals surface area contributed by atoms with Gasteiger partial charge in [-0.15, -0.1) is 0 Å². The van der Waals surface area contributed by atoms with Gasteiger partial charge in [-0.05, 0) is 120 Å². The van der Waals surface area contributed by atoms with Gasteiger partial charge in [0, 0.05) is 5.92 Å². The van der Waals surface area contributed by atoms with Gasteiger partial charge in [0.15, 0.2) is 0 Å². The van der Waals surface area contributed by atoms with E-state index in [1.54, 1.807) is 0 Å². The van der Waals surface area contributed by atoms with Gasteiger partial charge in [0.1, 0.15) is 0 Å². The van der Waals surface area contributed by atoms with E-state index in [1.165, 1.54) is 82.8 Å². The lowest BCUT2D eigenvalue weighted by Gasteiger charge is -2.30. The molecule has 45 heavy (non-hydrogen) atoms. The van der Waals surface area contributed by atoms with Gasteiger partial charge in [-0.1, -0.05) is 145 Å². The molecule has 2 aliphatic rings. The first-order valence-corrected chi connectivity index (χ1v) is 16.4. The van der Waals surface area contributed by atoms with Crippen LogP contribution in [0.2, 0.25) is 0 Å². The van der Waals surface area contributed by atoms with E-state index < -0.39 is 0 Å². The molecular formula is C45H44. The van der Waals surface area contributed by atoms with Crippen LogP contribution in [0.15, 0.2) is 109 Å². The van der Waals surface area contributed by atoms with Gasteiger partial charge in [0.2, 0.25) is 0 Å². The fourth-order valence-electron chi connectivity index (χ4n) is 7.75. The molecule has 0 bridgehead atoms. The Labute approximate surface area is 269 Å². The smallest absolute Gasteiger partial charge is 0.0293 e. The molecule has 5 aromatic rings. The van der Waals surface area contributed by atoms with E-state index in [2.05, 4.69) is 171 Å². The Morgan fingerprint density at radius 3 is 1.82 bits per heavy atom. The second kappa shape index (κ2) is 10.6. The average molecular weight is 585 g/mol. The molecular weight excluding hydrogens is 540 g/mol. The molecule has 224 valence electrons. The van der Waals surface area contributed by atoms with E-state index in [4.69, 9.17) is 0 Å². The second-order valence-electron chi connectivity index (χ2n) is 15.1. The van der Waals surface area contributed by atoms with Gasteiger partial charge in [0.05, 0.1) is 0 Å². The number of aryl methyl sites for hydroxylation is 1. The monoisotopic (exact) mass is 584 g/mol. The normalized spacial score (nSPS) is 15.2. The lowest BCUT2D eigenvalue weighted by molar-refractivity contribution is 0.576. The van der Waals surface area contributed by atoms with Crippen LogP contribution in [-0.2, 0) is 10.8 Å². The first kappa shape index (κ1) is 29.3. The van der Waals surface area contributed by atoms with Crippen LogP contribution in [0.4, 0.5) is 0 Å². The van der Waals surface area contributed by atoms with E-state index in [9.17, 15) is 0 Å². The van der Waals surface area contributed by atoms with Crippen molar-refractivity contribution >= 4 is 17.2 Å². The number of hydrogen-bond donors (Lipinski definition) is 0. The highest BCUT2D eigenvalue weighted by Gasteiger charge is 2.34. The van der Waals surface area contributed by atoms with Crippen LogP contribution in [0, 0.1) is 6.92 Å². The second-order valence-corrected chi connectivity index (χ2v) is 15.1. The topological polar surface area (TPSA) is 0 Å². The molecule has 0 amide bonds. The predicted octanol–water partition coefficient (Wildman–Crippen LogP) is 10.2. The summed E-state index contributed by atoms with van der Waals surface area (Å²) in [5, 5.41) is 2.72. The summed E-state index contributed by atoms with van der Waals surface area (Å²) in [7, 11) is 0. The summed E-state index contributed by atoms with van der Waals surface area (Å²) in [5.41, 5.74) is 17.7. The molecule has 2 aliphatic carbocycles. The van der Waals surface area contributed by atoms with Crippen LogP contribution in [-0.4, -0.2) is 0 Å². The first-order valence-electron chi connectivity index (χ1n) is 16.4. The molecule has 0 aliphatic heterocycles. The van der Waals surface area contributed by atoms with Crippen molar-refractivity contribution in [2.75, 3.05) is 0 Å². The molecule has 0 nitrogen and oxygen atoms in total. The zero-order valence-electron chi connectivity index (χ0n) is 28.0. The summed E-state index contributed by atoms with van der Waals surface area (Å²) in [6.45, 7) is 18.7. The maximum Gasteiger partial charge on any atom is 0.0293 e. The van der Waals surface area contributed by atoms with Crippen molar-refractivity contribution in [2.24, 2.45) is 0 Å². The Balaban J connectivity index is 1.71. The van der Waals surface area contributed by atoms with E-state index in [0.717, 1.165) is 0 Å². The number of allylic oxidation sites excluding steroid dienone is 2. The molecule has 0 radical (unpaired) electrons. The molecule has 0 heterocycles. The van der Waals surface area contributed by atoms with Gasteiger partial charge in [0.25, 0.3) is 0 Å². The van der Waals surface area contributed by atoms with E-state index in [1.807, 2.05) is 0 Å². The molecule has 0 heteroatoms. The Hall–Kier alpha value is -4.42. The third-order valence-electron chi connectivity index (χ3n) is 9.85. The fraction of sp³-hybridized carbons (Fsp3) is 0.244. The van der Waals surface area contributed by atoms with Gasteiger partial charge in [-0.3, -0.25) is 0 Å². The molecule has 0 saturated carbocycles. The van der Waals surface area contributed by atoms with Crippen LogP contribution < -0.4 is 10.4 Å². The van der Waals surface area contributed by atoms with Crippen molar-refractivity contribution in [2.45, 2.75) is 72.1 Å². The van der Waals surface area contributed by atoms with E-state index in [-0.39, 0.29) is 16.7 Å². The number of fused-ring (bicyclic) bond motifs is 4. The minimum atomic E-state index is -0.110. The van der Waals surface area contributed by atoms with Crippen molar-refractivity contribution in [1.82, 2.24) is 0 Å². The fourth-order valence-corrected chi connectivity index (χ4v) is 7.75. The van der Waals surface area contributed by atoms with Crippen molar-refractivity contribution in [1.29, 1.82) is 0 Å². The molecule has 7 rings (SSSR count). The standard InChI is InChI=1S/C45H44/c1-28-16-15-21-34-29(2)24-38(40(28)34)42-37-26-32-25-33(44(3,4)5)22-23-35(32)36(37)27-39(43(42)45(6,7)8)41(30-17-11-9-12-18-30)31-19-13-10-14-20-31/h9-27,38H,1-8H3. The average Bonchev–Trinajstić information content (AvgIpc) is 3.54. The van der Waals surface area contributed by atoms with Crippen molar-refractivity contribution in [3.63, 3.8) is 0 Å². The summed E-state index contributed by atoms with van der Waals surface area (Å²) >= 11 is 0. The predicted molar refractivity (Wildman–Crippen MR) is 193 cm³/mol. The van der Waals surface area contributed by atoms with Crippen molar-refractivity contribution < 1.29 is 0 Å². The van der Waals surface area contributed by atoms with Gasteiger partial charge >= 0.3 is 0 Å². The zero-order chi connectivity index (χ0) is 31.7. The molecule has 0 fully saturated rings. The highest BCUT2D eigenvalue weighted by molar-refractivity contribution is 5.89. The van der Waals surface area contributed by atoms with Crippen molar-refractivity contribution in [3.05, 3.63) is 170 Å². The molecule has 0 spiro atoms. The zero-order valence-corrected chi connectivity index (χ0v) is 28.0. The molecule has 0 aromatic heterocycles. The molecule has 0 saturated heterocycles. The molecule has 5 aromatic carbocycles. The van der Waals surface area contributed by atoms with E-state index >= 15 is 0 Å². The lowest BCUT2D eigenvalue weighted by Crippen LogP contribution is -2.34. The van der Waals surface area contributed by atoms with Crippen LogP contribution >= 0.6 is 0 Å². The summed E-state index contributed by atoms with van der Waals surface area (Å²) in [6.07, 6.45) is 5.03. The maximum atomic E-state index is 2.54. The van der Waals surface area contributed by atoms with Gasteiger partial charge < -0.3 is 0 Å². The Bertz CT molecular complexity index is 2070. The number of benzene rings is 5. The Kier molecular flexibility index (Phi) is 6.90. The van der Waals surface area contributed by atoms with Crippen LogP contribution in [0.5, 0.6) is 0 Å². The maximum absolute atomic E-state index is 2.54. The Morgan fingerprint density at radius 2 is 1.22 bits per heavy atom. The van der Waals surface area contributed by atoms with Crippen LogP contribution in [0.1, 0.15) is 104 Å². The first-order chi connectivity index (χ1) is 21.4. The quantitative estimate of drug-likeness (QED) is 0.194. The summed E-state index contributed by atoms with van der Waals surface area (Å²) in [4.78, 5) is 0. The molecule has 1 unspecified atom stereocenters. The molecule has 1 atom stereocenters. The third kappa shape index (κ3) is 4.92. The van der Waals surface area contributed by atoms with Crippen molar-refractivity contribution in [3.8, 4) is 11.1 Å². The van der Waals surface area contributed by atoms with E-state index in [0.29, 0.717) is 0 Å². The largest absolute Gasteiger partial charge is 0.0690 e. The summed E-state index contributed by atoms with van der Waals surface area (Å²) < 4.78 is 0. The summed E-state index contributed by atoms with van der Waals surface area (Å²) in [5.74, 6) is 0.185. The number of rotatable bonds is 3. The van der Waals surface area contributed by atoms with Crippen LogP contribution in [0.25, 0.3) is 28.3 Å². The molecule has 0 N–H and O–H groups in total. The van der Waals surface area contributed by atoms with Gasteiger partial charge in [-0.25, -0.2) is 0 Å². The highest BCUT2D eigenvalue weighted by Crippen LogP contribution is 2.45. The van der Waals surface area contributed by atoms with Crippen LogP contribution in [0.3, 0.4) is 0 Å². The highest BCUT2D eigenvalue weighted by atomic mass is 14.4.